The van der Waals surface area contributed by atoms with Crippen molar-refractivity contribution >= 4 is 23.0 Å². The number of likely N-dealkylation sites (N-methyl/N-ethyl adjacent to an activating group) is 1. The normalized spacial score (nSPS) is 11.3. The van der Waals surface area contributed by atoms with E-state index in [0.717, 1.165) is 28.7 Å². The molecule has 158 valence electrons. The van der Waals surface area contributed by atoms with Gasteiger partial charge < -0.3 is 19.5 Å². The van der Waals surface area contributed by atoms with Gasteiger partial charge in [-0.05, 0) is 44.0 Å². The van der Waals surface area contributed by atoms with Crippen molar-refractivity contribution in [2.75, 3.05) is 13.6 Å². The molecule has 0 bridgehead atoms. The number of carbonyl (C=O) groups excluding carboxylic acids is 2. The minimum atomic E-state index is -0.591. The molecule has 0 atom stereocenters. The van der Waals surface area contributed by atoms with Crippen LogP contribution < -0.4 is 5.32 Å². The lowest BCUT2D eigenvalue weighted by Gasteiger charge is -2.24. The van der Waals surface area contributed by atoms with Gasteiger partial charge in [-0.15, -0.1) is 0 Å². The highest BCUT2D eigenvalue weighted by molar-refractivity contribution is 5.82. The molecule has 7 heteroatoms. The molecule has 0 aliphatic carbocycles. The molecule has 0 aliphatic rings. The fourth-order valence-electron chi connectivity index (χ4n) is 2.97. The highest BCUT2D eigenvalue weighted by atomic mass is 16.6. The predicted octanol–water partition coefficient (Wildman–Crippen LogP) is 3.57. The zero-order valence-corrected chi connectivity index (χ0v) is 17.9. The SMILES string of the molecule is CN(CC(=O)NCc1ccc(Cn2cnc3ccccc32)cc1)C(=O)OC(C)(C)C. The summed E-state index contributed by atoms with van der Waals surface area (Å²) in [5.74, 6) is -0.239. The van der Waals surface area contributed by atoms with Crippen LogP contribution in [0, 0.1) is 0 Å². The van der Waals surface area contributed by atoms with Crippen molar-refractivity contribution in [2.45, 2.75) is 39.5 Å². The van der Waals surface area contributed by atoms with E-state index in [-0.39, 0.29) is 12.5 Å². The van der Waals surface area contributed by atoms with Gasteiger partial charge in [0, 0.05) is 20.1 Å². The second-order valence-electron chi connectivity index (χ2n) is 8.29. The van der Waals surface area contributed by atoms with Crippen LogP contribution in [0.25, 0.3) is 11.0 Å². The Morgan fingerprint density at radius 3 is 2.43 bits per heavy atom. The van der Waals surface area contributed by atoms with E-state index in [1.165, 1.54) is 4.90 Å². The van der Waals surface area contributed by atoms with Gasteiger partial charge in [-0.2, -0.15) is 0 Å². The summed E-state index contributed by atoms with van der Waals surface area (Å²) < 4.78 is 7.36. The average Bonchev–Trinajstić information content (AvgIpc) is 3.09. The molecule has 0 unspecified atom stereocenters. The number of ether oxygens (including phenoxy) is 1. The van der Waals surface area contributed by atoms with Gasteiger partial charge in [0.2, 0.25) is 5.91 Å². The highest BCUT2D eigenvalue weighted by Crippen LogP contribution is 2.14. The number of carbonyl (C=O) groups is 2. The first-order valence-corrected chi connectivity index (χ1v) is 9.90. The molecule has 0 saturated carbocycles. The largest absolute Gasteiger partial charge is 0.444 e. The molecule has 3 rings (SSSR count). The van der Waals surface area contributed by atoms with E-state index in [0.29, 0.717) is 6.54 Å². The van der Waals surface area contributed by atoms with Crippen LogP contribution in [0.1, 0.15) is 31.9 Å². The number of hydrogen-bond acceptors (Lipinski definition) is 4. The van der Waals surface area contributed by atoms with Crippen molar-refractivity contribution in [2.24, 2.45) is 0 Å². The van der Waals surface area contributed by atoms with Gasteiger partial charge in [-0.1, -0.05) is 36.4 Å². The summed E-state index contributed by atoms with van der Waals surface area (Å²) in [4.78, 5) is 29.7. The van der Waals surface area contributed by atoms with Crippen molar-refractivity contribution in [1.29, 1.82) is 0 Å². The number of hydrogen-bond donors (Lipinski definition) is 1. The molecular formula is C23H28N4O3. The van der Waals surface area contributed by atoms with Crippen LogP contribution in [-0.4, -0.2) is 45.6 Å². The summed E-state index contributed by atoms with van der Waals surface area (Å²) in [6, 6.07) is 16.1. The number of rotatable bonds is 6. The highest BCUT2D eigenvalue weighted by Gasteiger charge is 2.20. The molecule has 0 radical (unpaired) electrons. The van der Waals surface area contributed by atoms with Gasteiger partial charge in [0.25, 0.3) is 0 Å². The van der Waals surface area contributed by atoms with E-state index >= 15 is 0 Å². The average molecular weight is 409 g/mol. The number of aromatic nitrogens is 2. The van der Waals surface area contributed by atoms with Gasteiger partial charge in [0.1, 0.15) is 12.1 Å². The molecule has 1 heterocycles. The van der Waals surface area contributed by atoms with Crippen molar-refractivity contribution in [3.63, 3.8) is 0 Å². The third kappa shape index (κ3) is 5.83. The summed E-state index contributed by atoms with van der Waals surface area (Å²) in [6.07, 6.45) is 1.33. The van der Waals surface area contributed by atoms with Gasteiger partial charge in [-0.3, -0.25) is 4.79 Å². The van der Waals surface area contributed by atoms with Crippen LogP contribution in [0.4, 0.5) is 4.79 Å². The Kier molecular flexibility index (Phi) is 6.40. The Bertz CT molecular complexity index is 1020. The van der Waals surface area contributed by atoms with Gasteiger partial charge in [0.05, 0.1) is 17.4 Å². The van der Waals surface area contributed by atoms with E-state index in [9.17, 15) is 9.59 Å². The second kappa shape index (κ2) is 8.98. The minimum absolute atomic E-state index is 0.0549. The van der Waals surface area contributed by atoms with Crippen molar-refractivity contribution < 1.29 is 14.3 Å². The minimum Gasteiger partial charge on any atom is -0.444 e. The van der Waals surface area contributed by atoms with Crippen LogP contribution in [0.3, 0.4) is 0 Å². The van der Waals surface area contributed by atoms with Crippen LogP contribution in [0.5, 0.6) is 0 Å². The molecule has 1 N–H and O–H groups in total. The molecule has 0 aliphatic heterocycles. The smallest absolute Gasteiger partial charge is 0.410 e. The lowest BCUT2D eigenvalue weighted by atomic mass is 10.1. The number of nitrogens with one attached hydrogen (secondary N) is 1. The number of benzene rings is 2. The summed E-state index contributed by atoms with van der Waals surface area (Å²) >= 11 is 0. The Morgan fingerprint density at radius 2 is 1.73 bits per heavy atom. The first-order valence-electron chi connectivity index (χ1n) is 9.90. The van der Waals surface area contributed by atoms with Crippen LogP contribution in [-0.2, 0) is 22.6 Å². The number of para-hydroxylation sites is 2. The van der Waals surface area contributed by atoms with Crippen molar-refractivity contribution in [3.05, 3.63) is 66.0 Å². The lowest BCUT2D eigenvalue weighted by molar-refractivity contribution is -0.122. The van der Waals surface area contributed by atoms with Gasteiger partial charge in [0.15, 0.2) is 0 Å². The number of imidazole rings is 1. The molecule has 0 fully saturated rings. The molecule has 3 aromatic rings. The molecular weight excluding hydrogens is 380 g/mol. The van der Waals surface area contributed by atoms with E-state index < -0.39 is 11.7 Å². The zero-order valence-electron chi connectivity index (χ0n) is 17.9. The Morgan fingerprint density at radius 1 is 1.07 bits per heavy atom. The number of fused-ring (bicyclic) bond motifs is 1. The maximum absolute atomic E-state index is 12.1. The number of amides is 2. The van der Waals surface area contributed by atoms with Gasteiger partial charge >= 0.3 is 6.09 Å². The molecule has 30 heavy (non-hydrogen) atoms. The zero-order chi connectivity index (χ0) is 21.7. The van der Waals surface area contributed by atoms with Crippen LogP contribution in [0.15, 0.2) is 54.9 Å². The van der Waals surface area contributed by atoms with E-state index in [1.807, 2.05) is 48.8 Å². The van der Waals surface area contributed by atoms with Crippen LogP contribution in [0.2, 0.25) is 0 Å². The summed E-state index contributed by atoms with van der Waals surface area (Å²) in [6.45, 7) is 6.44. The quantitative estimate of drug-likeness (QED) is 0.677. The summed E-state index contributed by atoms with van der Waals surface area (Å²) in [7, 11) is 1.54. The first-order chi connectivity index (χ1) is 14.2. The Labute approximate surface area is 176 Å². The molecule has 2 aromatic carbocycles. The van der Waals surface area contributed by atoms with Crippen molar-refractivity contribution in [3.8, 4) is 0 Å². The molecule has 2 amide bonds. The summed E-state index contributed by atoms with van der Waals surface area (Å²) in [5.41, 5.74) is 3.63. The fourth-order valence-corrected chi connectivity index (χ4v) is 2.97. The lowest BCUT2D eigenvalue weighted by Crippen LogP contribution is -2.40. The maximum atomic E-state index is 12.1. The predicted molar refractivity (Wildman–Crippen MR) is 116 cm³/mol. The fraction of sp³-hybridized carbons (Fsp3) is 0.348. The Balaban J connectivity index is 1.50. The standard InChI is InChI=1S/C23H28N4O3/c1-23(2,3)30-22(29)26(4)15-21(28)24-13-17-9-11-18(12-10-17)14-27-16-25-19-7-5-6-8-20(19)27/h5-12,16H,13-15H2,1-4H3,(H,24,28). The molecule has 0 spiro atoms. The third-order valence-electron chi connectivity index (χ3n) is 4.48. The topological polar surface area (TPSA) is 76.5 Å². The third-order valence-corrected chi connectivity index (χ3v) is 4.48. The van der Waals surface area contributed by atoms with Crippen LogP contribution >= 0.6 is 0 Å². The van der Waals surface area contributed by atoms with E-state index in [4.69, 9.17) is 4.74 Å². The monoisotopic (exact) mass is 408 g/mol. The second-order valence-corrected chi connectivity index (χ2v) is 8.29. The first kappa shape index (κ1) is 21.4. The maximum Gasteiger partial charge on any atom is 0.410 e. The molecule has 1 aromatic heterocycles. The van der Waals surface area contributed by atoms with Gasteiger partial charge in [-0.25, -0.2) is 9.78 Å². The Hall–Kier alpha value is -3.35. The number of nitrogens with zero attached hydrogens (tertiary/aromatic N) is 3. The van der Waals surface area contributed by atoms with E-state index in [2.05, 4.69) is 20.9 Å². The molecule has 7 nitrogen and oxygen atoms in total. The molecule has 0 saturated heterocycles. The van der Waals surface area contributed by atoms with E-state index in [1.54, 1.807) is 27.8 Å². The van der Waals surface area contributed by atoms with Crippen molar-refractivity contribution in [1.82, 2.24) is 19.8 Å². The summed E-state index contributed by atoms with van der Waals surface area (Å²) in [5, 5.41) is 2.83.